The first-order valence-corrected chi connectivity index (χ1v) is 9.98. The smallest absolute Gasteiger partial charge is 0.278 e. The van der Waals surface area contributed by atoms with E-state index >= 15 is 0 Å². The van der Waals surface area contributed by atoms with Crippen molar-refractivity contribution in [3.8, 4) is 16.3 Å². The molecule has 1 N–H and O–H groups in total. The lowest BCUT2D eigenvalue weighted by Crippen LogP contribution is -2.14. The fraction of sp³-hybridized carbons (Fsp3) is 0.143. The monoisotopic (exact) mass is 387 g/mol. The van der Waals surface area contributed by atoms with E-state index in [4.69, 9.17) is 0 Å². The molecule has 2 aromatic heterocycles. The van der Waals surface area contributed by atoms with E-state index in [1.807, 2.05) is 65.3 Å². The molecule has 5 rings (SSSR count). The van der Waals surface area contributed by atoms with Crippen molar-refractivity contribution in [3.63, 3.8) is 0 Å². The molecule has 0 saturated heterocycles. The van der Waals surface area contributed by atoms with Gasteiger partial charge in [-0.1, -0.05) is 59.9 Å². The van der Waals surface area contributed by atoms with Crippen molar-refractivity contribution < 1.29 is 4.79 Å². The summed E-state index contributed by atoms with van der Waals surface area (Å²) in [5, 5.41) is 17.1. The van der Waals surface area contributed by atoms with Crippen LogP contribution in [0.2, 0.25) is 0 Å². The fourth-order valence-electron chi connectivity index (χ4n) is 3.53. The van der Waals surface area contributed by atoms with Crippen LogP contribution in [0.15, 0.2) is 60.7 Å². The Labute approximate surface area is 165 Å². The molecule has 0 unspecified atom stereocenters. The van der Waals surface area contributed by atoms with Gasteiger partial charge in [0.2, 0.25) is 5.13 Å². The van der Waals surface area contributed by atoms with Crippen molar-refractivity contribution in [2.24, 2.45) is 0 Å². The molecule has 2 heterocycles. The molecule has 0 bridgehead atoms. The van der Waals surface area contributed by atoms with E-state index in [0.29, 0.717) is 10.8 Å². The van der Waals surface area contributed by atoms with Gasteiger partial charge in [0.05, 0.1) is 5.69 Å². The number of nitrogens with zero attached hydrogens (tertiary/aromatic N) is 4. The predicted octanol–water partition coefficient (Wildman–Crippen LogP) is 4.13. The van der Waals surface area contributed by atoms with E-state index in [2.05, 4.69) is 20.6 Å². The summed E-state index contributed by atoms with van der Waals surface area (Å²) < 4.78 is 1.90. The van der Waals surface area contributed by atoms with Gasteiger partial charge in [-0.25, -0.2) is 4.68 Å². The number of hydrogen-bond acceptors (Lipinski definition) is 5. The lowest BCUT2D eigenvalue weighted by atomic mass is 10.2. The largest absolute Gasteiger partial charge is 0.295 e. The second-order valence-corrected chi connectivity index (χ2v) is 7.58. The van der Waals surface area contributed by atoms with Gasteiger partial charge in [0.1, 0.15) is 5.01 Å². The van der Waals surface area contributed by atoms with Crippen molar-refractivity contribution in [2.45, 2.75) is 19.3 Å². The summed E-state index contributed by atoms with van der Waals surface area (Å²) in [7, 11) is 0. The lowest BCUT2D eigenvalue weighted by Gasteiger charge is -2.04. The Morgan fingerprint density at radius 1 is 0.964 bits per heavy atom. The van der Waals surface area contributed by atoms with E-state index in [1.165, 1.54) is 11.3 Å². The maximum absolute atomic E-state index is 12.9. The molecule has 7 heteroatoms. The van der Waals surface area contributed by atoms with E-state index in [-0.39, 0.29) is 5.91 Å². The summed E-state index contributed by atoms with van der Waals surface area (Å²) in [4.78, 5) is 12.9. The summed E-state index contributed by atoms with van der Waals surface area (Å²) >= 11 is 1.36. The molecule has 2 aromatic carbocycles. The molecule has 28 heavy (non-hydrogen) atoms. The maximum atomic E-state index is 12.9. The zero-order valence-corrected chi connectivity index (χ0v) is 15.8. The van der Waals surface area contributed by atoms with Gasteiger partial charge in [0, 0.05) is 16.8 Å². The minimum Gasteiger partial charge on any atom is -0.295 e. The molecule has 138 valence electrons. The number of aromatic nitrogens is 4. The number of rotatable bonds is 4. The topological polar surface area (TPSA) is 72.7 Å². The van der Waals surface area contributed by atoms with E-state index in [0.717, 1.165) is 46.8 Å². The van der Waals surface area contributed by atoms with Gasteiger partial charge < -0.3 is 0 Å². The number of benzene rings is 2. The quantitative estimate of drug-likeness (QED) is 0.571. The van der Waals surface area contributed by atoms with Crippen LogP contribution in [0.25, 0.3) is 16.3 Å². The van der Waals surface area contributed by atoms with Crippen LogP contribution in [0.3, 0.4) is 0 Å². The van der Waals surface area contributed by atoms with Crippen LogP contribution < -0.4 is 5.32 Å². The third kappa shape index (κ3) is 2.99. The van der Waals surface area contributed by atoms with Crippen molar-refractivity contribution in [3.05, 3.63) is 77.6 Å². The summed E-state index contributed by atoms with van der Waals surface area (Å²) in [5.74, 6) is -0.233. The van der Waals surface area contributed by atoms with Gasteiger partial charge >= 0.3 is 0 Å². The van der Waals surface area contributed by atoms with Crippen LogP contribution in [-0.2, 0) is 12.8 Å². The Morgan fingerprint density at radius 3 is 2.50 bits per heavy atom. The number of nitrogens with one attached hydrogen (secondary N) is 1. The highest BCUT2D eigenvalue weighted by Gasteiger charge is 2.27. The average Bonchev–Trinajstić information content (AvgIpc) is 3.46. The SMILES string of the molecule is O=C(Nc1nnc(-c2ccccc2)s1)c1nn(-c2ccccc2)c2c1CCC2. The van der Waals surface area contributed by atoms with Crippen molar-refractivity contribution in [1.82, 2.24) is 20.0 Å². The van der Waals surface area contributed by atoms with Gasteiger partial charge in [-0.15, -0.1) is 10.2 Å². The van der Waals surface area contributed by atoms with Crippen LogP contribution in [0.1, 0.15) is 28.2 Å². The number of carbonyl (C=O) groups is 1. The van der Waals surface area contributed by atoms with Gasteiger partial charge in [-0.2, -0.15) is 5.10 Å². The minimum absolute atomic E-state index is 0.233. The van der Waals surface area contributed by atoms with Crippen LogP contribution in [0.4, 0.5) is 5.13 Å². The molecule has 0 aliphatic heterocycles. The Bertz CT molecular complexity index is 1130. The first kappa shape index (κ1) is 16.8. The van der Waals surface area contributed by atoms with Gasteiger partial charge in [0.25, 0.3) is 5.91 Å². The average molecular weight is 387 g/mol. The van der Waals surface area contributed by atoms with Crippen molar-refractivity contribution >= 4 is 22.4 Å². The van der Waals surface area contributed by atoms with E-state index in [1.54, 1.807) is 0 Å². The summed E-state index contributed by atoms with van der Waals surface area (Å²) in [6, 6.07) is 19.7. The number of anilines is 1. The summed E-state index contributed by atoms with van der Waals surface area (Å²) in [5.41, 5.74) is 4.59. The number of hydrogen-bond donors (Lipinski definition) is 1. The van der Waals surface area contributed by atoms with Crippen LogP contribution in [-0.4, -0.2) is 25.9 Å². The Kier molecular flexibility index (Phi) is 4.21. The minimum atomic E-state index is -0.233. The highest BCUT2D eigenvalue weighted by Crippen LogP contribution is 2.30. The predicted molar refractivity (Wildman–Crippen MR) is 109 cm³/mol. The maximum Gasteiger partial charge on any atom is 0.278 e. The van der Waals surface area contributed by atoms with Crippen LogP contribution in [0, 0.1) is 0 Å². The molecule has 0 radical (unpaired) electrons. The number of fused-ring (bicyclic) bond motifs is 1. The first-order valence-electron chi connectivity index (χ1n) is 9.16. The summed E-state index contributed by atoms with van der Waals surface area (Å²) in [6.07, 6.45) is 2.84. The van der Waals surface area contributed by atoms with Gasteiger partial charge in [0.15, 0.2) is 5.69 Å². The molecule has 0 saturated carbocycles. The zero-order valence-electron chi connectivity index (χ0n) is 15.0. The molecule has 0 spiro atoms. The van der Waals surface area contributed by atoms with E-state index < -0.39 is 0 Å². The van der Waals surface area contributed by atoms with Gasteiger partial charge in [-0.05, 0) is 31.4 Å². The molecule has 0 fully saturated rings. The zero-order chi connectivity index (χ0) is 18.9. The fourth-order valence-corrected chi connectivity index (χ4v) is 4.27. The Hall–Kier alpha value is -3.32. The van der Waals surface area contributed by atoms with Crippen LogP contribution >= 0.6 is 11.3 Å². The number of para-hydroxylation sites is 1. The third-order valence-corrected chi connectivity index (χ3v) is 5.70. The highest BCUT2D eigenvalue weighted by molar-refractivity contribution is 7.18. The molecule has 1 aliphatic carbocycles. The Balaban J connectivity index is 1.43. The summed E-state index contributed by atoms with van der Waals surface area (Å²) in [6.45, 7) is 0. The Morgan fingerprint density at radius 2 is 1.71 bits per heavy atom. The normalized spacial score (nSPS) is 12.7. The third-order valence-electron chi connectivity index (χ3n) is 4.81. The number of amides is 1. The molecule has 6 nitrogen and oxygen atoms in total. The van der Waals surface area contributed by atoms with Crippen LogP contribution in [0.5, 0.6) is 0 Å². The van der Waals surface area contributed by atoms with Gasteiger partial charge in [-0.3, -0.25) is 10.1 Å². The van der Waals surface area contributed by atoms with Crippen molar-refractivity contribution in [1.29, 1.82) is 0 Å². The number of carbonyl (C=O) groups excluding carboxylic acids is 1. The molecular weight excluding hydrogens is 370 g/mol. The molecule has 0 atom stereocenters. The second kappa shape index (κ2) is 7.01. The molecular formula is C21H17N5OS. The molecule has 1 amide bonds. The van der Waals surface area contributed by atoms with Crippen molar-refractivity contribution in [2.75, 3.05) is 5.32 Å². The first-order chi connectivity index (χ1) is 13.8. The standard InChI is InChI=1S/C21H17N5OS/c27-19(22-21-24-23-20(28-21)14-8-3-1-4-9-14)18-16-12-7-13-17(16)26(25-18)15-10-5-2-6-11-15/h1-6,8-11H,7,12-13H2,(H,22,24,27). The molecule has 1 aliphatic rings. The molecule has 4 aromatic rings. The highest BCUT2D eigenvalue weighted by atomic mass is 32.1. The second-order valence-electron chi connectivity index (χ2n) is 6.61. The lowest BCUT2D eigenvalue weighted by molar-refractivity contribution is 0.102. The van der Waals surface area contributed by atoms with E-state index in [9.17, 15) is 4.79 Å².